The van der Waals surface area contributed by atoms with Crippen molar-refractivity contribution in [3.63, 3.8) is 0 Å². The van der Waals surface area contributed by atoms with Crippen LogP contribution in [0.25, 0.3) is 0 Å². The van der Waals surface area contributed by atoms with Gasteiger partial charge in [-0.25, -0.2) is 0 Å². The monoisotopic (exact) mass is 333 g/mol. The van der Waals surface area contributed by atoms with Crippen LogP contribution in [0.2, 0.25) is 0 Å². The van der Waals surface area contributed by atoms with Crippen molar-refractivity contribution >= 4 is 21.8 Å². The number of para-hydroxylation sites is 1. The lowest BCUT2D eigenvalue weighted by atomic mass is 10.1. The largest absolute Gasteiger partial charge is 0.492 e. The van der Waals surface area contributed by atoms with Gasteiger partial charge in [0.05, 0.1) is 12.1 Å². The minimum Gasteiger partial charge on any atom is -0.492 e. The number of hydrogen-bond acceptors (Lipinski definition) is 2. The van der Waals surface area contributed by atoms with Gasteiger partial charge in [0.2, 0.25) is 0 Å². The molecule has 0 fully saturated rings. The first-order valence-corrected chi connectivity index (χ1v) is 7.18. The highest BCUT2D eigenvalue weighted by Gasteiger charge is 2.09. The third-order valence-electron chi connectivity index (χ3n) is 2.77. The number of benzene rings is 2. The van der Waals surface area contributed by atoms with E-state index in [0.29, 0.717) is 18.7 Å². The summed E-state index contributed by atoms with van der Waals surface area (Å²) >= 11 is 3.40. The molecular weight excluding hydrogens is 318 g/mol. The fourth-order valence-electron chi connectivity index (χ4n) is 1.75. The Morgan fingerprint density at radius 1 is 1.20 bits per heavy atom. The molecule has 0 aliphatic rings. The Morgan fingerprint density at radius 2 is 1.95 bits per heavy atom. The SMILES string of the molecule is Cc1ccc(C(=O)NCCOc2ccccc2)c(Br)c1. The van der Waals surface area contributed by atoms with E-state index >= 15 is 0 Å². The maximum atomic E-state index is 12.0. The summed E-state index contributed by atoms with van der Waals surface area (Å²) in [5, 5.41) is 2.84. The van der Waals surface area contributed by atoms with Gasteiger partial charge >= 0.3 is 0 Å². The van der Waals surface area contributed by atoms with E-state index in [0.717, 1.165) is 15.8 Å². The highest BCUT2D eigenvalue weighted by molar-refractivity contribution is 9.10. The fourth-order valence-corrected chi connectivity index (χ4v) is 2.42. The smallest absolute Gasteiger partial charge is 0.252 e. The number of amides is 1. The van der Waals surface area contributed by atoms with Crippen LogP contribution in [0.15, 0.2) is 53.0 Å². The van der Waals surface area contributed by atoms with Gasteiger partial charge in [0.15, 0.2) is 0 Å². The van der Waals surface area contributed by atoms with Crippen molar-refractivity contribution in [2.45, 2.75) is 6.92 Å². The Morgan fingerprint density at radius 3 is 2.65 bits per heavy atom. The van der Waals surface area contributed by atoms with Crippen LogP contribution in [0.4, 0.5) is 0 Å². The Bertz CT molecular complexity index is 584. The lowest BCUT2D eigenvalue weighted by Crippen LogP contribution is -2.28. The van der Waals surface area contributed by atoms with E-state index < -0.39 is 0 Å². The maximum Gasteiger partial charge on any atom is 0.252 e. The first kappa shape index (κ1) is 14.6. The van der Waals surface area contributed by atoms with Crippen LogP contribution in [0, 0.1) is 6.92 Å². The zero-order valence-electron chi connectivity index (χ0n) is 11.2. The summed E-state index contributed by atoms with van der Waals surface area (Å²) in [5.41, 5.74) is 1.75. The molecule has 20 heavy (non-hydrogen) atoms. The molecular formula is C16H16BrNO2. The zero-order valence-corrected chi connectivity index (χ0v) is 12.8. The van der Waals surface area contributed by atoms with Crippen molar-refractivity contribution < 1.29 is 9.53 Å². The fraction of sp³-hybridized carbons (Fsp3) is 0.188. The second-order valence-corrected chi connectivity index (χ2v) is 5.26. The first-order valence-electron chi connectivity index (χ1n) is 6.39. The van der Waals surface area contributed by atoms with Crippen LogP contribution in [-0.4, -0.2) is 19.1 Å². The van der Waals surface area contributed by atoms with E-state index in [-0.39, 0.29) is 5.91 Å². The van der Waals surface area contributed by atoms with E-state index in [4.69, 9.17) is 4.74 Å². The Hall–Kier alpha value is -1.81. The minimum absolute atomic E-state index is 0.103. The van der Waals surface area contributed by atoms with Crippen molar-refractivity contribution in [2.24, 2.45) is 0 Å². The van der Waals surface area contributed by atoms with Crippen LogP contribution in [0.1, 0.15) is 15.9 Å². The number of carbonyl (C=O) groups excluding carboxylic acids is 1. The maximum absolute atomic E-state index is 12.0. The summed E-state index contributed by atoms with van der Waals surface area (Å²) in [5.74, 6) is 0.701. The molecule has 2 aromatic carbocycles. The van der Waals surface area contributed by atoms with Crippen LogP contribution in [-0.2, 0) is 0 Å². The summed E-state index contributed by atoms with van der Waals surface area (Å²) < 4.78 is 6.32. The van der Waals surface area contributed by atoms with Gasteiger partial charge in [-0.3, -0.25) is 4.79 Å². The summed E-state index contributed by atoms with van der Waals surface area (Å²) in [4.78, 5) is 12.0. The van der Waals surface area contributed by atoms with E-state index in [1.54, 1.807) is 0 Å². The number of carbonyl (C=O) groups is 1. The van der Waals surface area contributed by atoms with E-state index in [2.05, 4.69) is 21.2 Å². The molecule has 0 aliphatic carbocycles. The third-order valence-corrected chi connectivity index (χ3v) is 3.42. The Kier molecular flexibility index (Phi) is 5.18. The molecule has 2 aromatic rings. The standard InChI is InChI=1S/C16H16BrNO2/c1-12-7-8-14(15(17)11-12)16(19)18-9-10-20-13-5-3-2-4-6-13/h2-8,11H,9-10H2,1H3,(H,18,19). The van der Waals surface area contributed by atoms with Crippen molar-refractivity contribution in [1.82, 2.24) is 5.32 Å². The third kappa shape index (κ3) is 4.10. The highest BCUT2D eigenvalue weighted by Crippen LogP contribution is 2.18. The molecule has 0 aliphatic heterocycles. The molecule has 2 rings (SSSR count). The summed E-state index contributed by atoms with van der Waals surface area (Å²) in [6.07, 6.45) is 0. The zero-order chi connectivity index (χ0) is 14.4. The van der Waals surface area contributed by atoms with Crippen LogP contribution in [0.5, 0.6) is 5.75 Å². The Balaban J connectivity index is 1.80. The number of hydrogen-bond donors (Lipinski definition) is 1. The van der Waals surface area contributed by atoms with Crippen LogP contribution < -0.4 is 10.1 Å². The Labute approximate surface area is 127 Å². The quantitative estimate of drug-likeness (QED) is 0.849. The van der Waals surface area contributed by atoms with E-state index in [1.165, 1.54) is 0 Å². The number of halogens is 1. The van der Waals surface area contributed by atoms with Gasteiger partial charge in [-0.15, -0.1) is 0 Å². The molecule has 1 N–H and O–H groups in total. The molecule has 0 radical (unpaired) electrons. The predicted octanol–water partition coefficient (Wildman–Crippen LogP) is 3.57. The minimum atomic E-state index is -0.103. The molecule has 104 valence electrons. The second kappa shape index (κ2) is 7.10. The summed E-state index contributed by atoms with van der Waals surface area (Å²) in [6.45, 7) is 2.90. The lowest BCUT2D eigenvalue weighted by Gasteiger charge is -2.09. The second-order valence-electron chi connectivity index (χ2n) is 4.40. The van der Waals surface area contributed by atoms with Crippen molar-refractivity contribution in [3.05, 3.63) is 64.1 Å². The topological polar surface area (TPSA) is 38.3 Å². The normalized spacial score (nSPS) is 10.1. The average Bonchev–Trinajstić information content (AvgIpc) is 2.44. The van der Waals surface area contributed by atoms with Crippen LogP contribution >= 0.6 is 15.9 Å². The molecule has 0 saturated carbocycles. The van der Waals surface area contributed by atoms with Crippen LogP contribution in [0.3, 0.4) is 0 Å². The molecule has 0 atom stereocenters. The molecule has 0 saturated heterocycles. The van der Waals surface area contributed by atoms with Gasteiger partial charge in [-0.05, 0) is 52.7 Å². The van der Waals surface area contributed by atoms with Gasteiger partial charge in [0.1, 0.15) is 12.4 Å². The number of nitrogens with one attached hydrogen (secondary N) is 1. The van der Waals surface area contributed by atoms with Crippen molar-refractivity contribution in [3.8, 4) is 5.75 Å². The van der Waals surface area contributed by atoms with Crippen molar-refractivity contribution in [1.29, 1.82) is 0 Å². The molecule has 1 amide bonds. The van der Waals surface area contributed by atoms with E-state index in [1.807, 2.05) is 55.5 Å². The molecule has 0 unspecified atom stereocenters. The lowest BCUT2D eigenvalue weighted by molar-refractivity contribution is 0.0946. The molecule has 3 nitrogen and oxygen atoms in total. The molecule has 0 bridgehead atoms. The van der Waals surface area contributed by atoms with Crippen molar-refractivity contribution in [2.75, 3.05) is 13.2 Å². The first-order chi connectivity index (χ1) is 9.66. The van der Waals surface area contributed by atoms with E-state index in [9.17, 15) is 4.79 Å². The van der Waals surface area contributed by atoms with Gasteiger partial charge in [0.25, 0.3) is 5.91 Å². The predicted molar refractivity (Wildman–Crippen MR) is 83.1 cm³/mol. The summed E-state index contributed by atoms with van der Waals surface area (Å²) in [6, 6.07) is 15.2. The average molecular weight is 334 g/mol. The van der Waals surface area contributed by atoms with Gasteiger partial charge in [-0.1, -0.05) is 24.3 Å². The molecule has 0 spiro atoms. The number of rotatable bonds is 5. The summed E-state index contributed by atoms with van der Waals surface area (Å²) in [7, 11) is 0. The highest BCUT2D eigenvalue weighted by atomic mass is 79.9. The number of aryl methyl sites for hydroxylation is 1. The molecule has 0 heterocycles. The molecule has 4 heteroatoms. The van der Waals surface area contributed by atoms with Gasteiger partial charge in [-0.2, -0.15) is 0 Å². The molecule has 0 aromatic heterocycles. The van der Waals surface area contributed by atoms with Gasteiger partial charge in [0, 0.05) is 4.47 Å². The van der Waals surface area contributed by atoms with Gasteiger partial charge < -0.3 is 10.1 Å². The number of ether oxygens (including phenoxy) is 1.